The number of ether oxygens (including phenoxy) is 2. The second kappa shape index (κ2) is 12.9. The van der Waals surface area contributed by atoms with Gasteiger partial charge in [-0.05, 0) is 32.6 Å². The van der Waals surface area contributed by atoms with Gasteiger partial charge in [0.25, 0.3) is 0 Å². The molecular weight excluding hydrogens is 346 g/mol. The number of carbonyl (C=O) groups excluding carboxylic acids is 1. The van der Waals surface area contributed by atoms with Gasteiger partial charge >= 0.3 is 0 Å². The Morgan fingerprint density at radius 3 is 2.78 bits per heavy atom. The van der Waals surface area contributed by atoms with Gasteiger partial charge < -0.3 is 25.4 Å². The van der Waals surface area contributed by atoms with E-state index in [-0.39, 0.29) is 5.91 Å². The number of amides is 1. The third-order valence-electron chi connectivity index (χ3n) is 5.01. The van der Waals surface area contributed by atoms with Crippen molar-refractivity contribution in [1.29, 1.82) is 0 Å². The Kier molecular flexibility index (Phi) is 10.5. The standard InChI is InChI=1S/C19H37N5O3/c1-3-21-19(22-8-4-11-26-14-16-7-12-27-15-16)23-17-5-9-24(10-6-17)13-18(25)20-2/h16-17H,3-15H2,1-2H3,(H,20,25)(H2,21,22,23). The highest BCUT2D eigenvalue weighted by Gasteiger charge is 2.21. The van der Waals surface area contributed by atoms with Crippen LogP contribution in [0.5, 0.6) is 0 Å². The van der Waals surface area contributed by atoms with E-state index in [1.165, 1.54) is 0 Å². The molecule has 3 N–H and O–H groups in total. The summed E-state index contributed by atoms with van der Waals surface area (Å²) in [6, 6.07) is 0.405. The summed E-state index contributed by atoms with van der Waals surface area (Å²) in [6.45, 7) is 9.31. The van der Waals surface area contributed by atoms with Gasteiger partial charge in [-0.1, -0.05) is 0 Å². The normalized spacial score (nSPS) is 22.0. The predicted molar refractivity (Wildman–Crippen MR) is 107 cm³/mol. The number of hydrogen-bond acceptors (Lipinski definition) is 5. The number of rotatable bonds is 10. The zero-order valence-corrected chi connectivity index (χ0v) is 17.0. The van der Waals surface area contributed by atoms with Crippen LogP contribution in [0.4, 0.5) is 0 Å². The lowest BCUT2D eigenvalue weighted by Crippen LogP contribution is -2.50. The maximum atomic E-state index is 11.5. The third kappa shape index (κ3) is 8.90. The smallest absolute Gasteiger partial charge is 0.233 e. The topological polar surface area (TPSA) is 87.2 Å². The molecule has 8 heteroatoms. The van der Waals surface area contributed by atoms with Crippen molar-refractivity contribution in [3.05, 3.63) is 0 Å². The third-order valence-corrected chi connectivity index (χ3v) is 5.01. The molecule has 0 aromatic heterocycles. The SMILES string of the molecule is CCNC(=NCCCOCC1CCOC1)NC1CCN(CC(=O)NC)CC1. The fourth-order valence-electron chi connectivity index (χ4n) is 3.35. The van der Waals surface area contributed by atoms with E-state index in [0.29, 0.717) is 18.5 Å². The summed E-state index contributed by atoms with van der Waals surface area (Å²) in [4.78, 5) is 18.4. The van der Waals surface area contributed by atoms with Crippen molar-refractivity contribution in [3.8, 4) is 0 Å². The molecule has 0 spiro atoms. The largest absolute Gasteiger partial charge is 0.381 e. The molecule has 1 unspecified atom stereocenters. The van der Waals surface area contributed by atoms with Crippen LogP contribution in [0.25, 0.3) is 0 Å². The van der Waals surface area contributed by atoms with Crippen molar-refractivity contribution in [2.24, 2.45) is 10.9 Å². The summed E-state index contributed by atoms with van der Waals surface area (Å²) >= 11 is 0. The number of aliphatic imine (C=N–C) groups is 1. The number of nitrogens with one attached hydrogen (secondary N) is 3. The zero-order valence-electron chi connectivity index (χ0n) is 17.0. The van der Waals surface area contributed by atoms with Crippen LogP contribution >= 0.6 is 0 Å². The van der Waals surface area contributed by atoms with Crippen molar-refractivity contribution < 1.29 is 14.3 Å². The first-order valence-corrected chi connectivity index (χ1v) is 10.3. The molecule has 0 bridgehead atoms. The Morgan fingerprint density at radius 1 is 1.30 bits per heavy atom. The van der Waals surface area contributed by atoms with Gasteiger partial charge in [-0.3, -0.25) is 14.7 Å². The molecule has 2 aliphatic rings. The van der Waals surface area contributed by atoms with E-state index in [0.717, 1.165) is 84.2 Å². The Labute approximate surface area is 163 Å². The number of guanidine groups is 1. The minimum Gasteiger partial charge on any atom is -0.381 e. The first-order chi connectivity index (χ1) is 13.2. The number of likely N-dealkylation sites (tertiary alicyclic amines) is 1. The van der Waals surface area contributed by atoms with E-state index in [4.69, 9.17) is 9.47 Å². The van der Waals surface area contributed by atoms with Gasteiger partial charge in [-0.15, -0.1) is 0 Å². The summed E-state index contributed by atoms with van der Waals surface area (Å²) in [5.41, 5.74) is 0. The molecule has 2 aliphatic heterocycles. The molecule has 27 heavy (non-hydrogen) atoms. The molecular formula is C19H37N5O3. The summed E-state index contributed by atoms with van der Waals surface area (Å²) in [6.07, 6.45) is 4.09. The first-order valence-electron chi connectivity index (χ1n) is 10.3. The molecule has 1 atom stereocenters. The maximum absolute atomic E-state index is 11.5. The van der Waals surface area contributed by atoms with Crippen LogP contribution in [0.3, 0.4) is 0 Å². The van der Waals surface area contributed by atoms with Gasteiger partial charge in [-0.2, -0.15) is 0 Å². The molecule has 0 aliphatic carbocycles. The lowest BCUT2D eigenvalue weighted by molar-refractivity contribution is -0.122. The number of nitrogens with zero attached hydrogens (tertiary/aromatic N) is 2. The van der Waals surface area contributed by atoms with Gasteiger partial charge in [0, 0.05) is 58.4 Å². The van der Waals surface area contributed by atoms with Gasteiger partial charge in [-0.25, -0.2) is 0 Å². The van der Waals surface area contributed by atoms with Crippen LogP contribution in [-0.4, -0.2) is 89.0 Å². The average Bonchev–Trinajstić information content (AvgIpc) is 3.19. The first kappa shape index (κ1) is 21.9. The summed E-state index contributed by atoms with van der Waals surface area (Å²) in [7, 11) is 1.68. The Hall–Kier alpha value is -1.38. The molecule has 8 nitrogen and oxygen atoms in total. The lowest BCUT2D eigenvalue weighted by atomic mass is 10.1. The molecule has 2 fully saturated rings. The average molecular weight is 384 g/mol. The van der Waals surface area contributed by atoms with Crippen molar-refractivity contribution in [3.63, 3.8) is 0 Å². The van der Waals surface area contributed by atoms with E-state index in [1.807, 2.05) is 0 Å². The fraction of sp³-hybridized carbons (Fsp3) is 0.895. The number of piperidine rings is 1. The molecule has 0 aromatic rings. The van der Waals surface area contributed by atoms with Crippen molar-refractivity contribution in [2.75, 3.05) is 66.2 Å². The summed E-state index contributed by atoms with van der Waals surface area (Å²) < 4.78 is 11.1. The van der Waals surface area contributed by atoms with Gasteiger partial charge in [0.15, 0.2) is 5.96 Å². The molecule has 1 amide bonds. The molecule has 2 rings (SSSR count). The summed E-state index contributed by atoms with van der Waals surface area (Å²) in [5, 5.41) is 9.54. The summed E-state index contributed by atoms with van der Waals surface area (Å²) in [5.74, 6) is 1.53. The van der Waals surface area contributed by atoms with Gasteiger partial charge in [0.1, 0.15) is 0 Å². The van der Waals surface area contributed by atoms with E-state index in [1.54, 1.807) is 7.05 Å². The molecule has 2 saturated heterocycles. The van der Waals surface area contributed by atoms with Crippen LogP contribution in [0.1, 0.15) is 32.6 Å². The molecule has 156 valence electrons. The minimum absolute atomic E-state index is 0.0824. The highest BCUT2D eigenvalue weighted by atomic mass is 16.5. The Balaban J connectivity index is 1.60. The minimum atomic E-state index is 0.0824. The molecule has 0 radical (unpaired) electrons. The molecule has 2 heterocycles. The number of hydrogen-bond donors (Lipinski definition) is 3. The fourth-order valence-corrected chi connectivity index (χ4v) is 3.35. The number of carbonyl (C=O) groups is 1. The van der Waals surface area contributed by atoms with Crippen LogP contribution in [0.15, 0.2) is 4.99 Å². The van der Waals surface area contributed by atoms with Crippen LogP contribution < -0.4 is 16.0 Å². The Bertz CT molecular complexity index is 447. The number of likely N-dealkylation sites (N-methyl/N-ethyl adjacent to an activating group) is 1. The van der Waals surface area contributed by atoms with Crippen LogP contribution in [0, 0.1) is 5.92 Å². The van der Waals surface area contributed by atoms with E-state index >= 15 is 0 Å². The van der Waals surface area contributed by atoms with E-state index < -0.39 is 0 Å². The predicted octanol–water partition coefficient (Wildman–Crippen LogP) is 0.195. The second-order valence-corrected chi connectivity index (χ2v) is 7.29. The second-order valence-electron chi connectivity index (χ2n) is 7.29. The zero-order chi connectivity index (χ0) is 19.3. The van der Waals surface area contributed by atoms with Crippen molar-refractivity contribution >= 4 is 11.9 Å². The van der Waals surface area contributed by atoms with E-state index in [9.17, 15) is 4.79 Å². The Morgan fingerprint density at radius 2 is 2.11 bits per heavy atom. The molecule has 0 saturated carbocycles. The van der Waals surface area contributed by atoms with Gasteiger partial charge in [0.05, 0.1) is 19.8 Å². The van der Waals surface area contributed by atoms with Crippen molar-refractivity contribution in [2.45, 2.75) is 38.6 Å². The highest BCUT2D eigenvalue weighted by molar-refractivity contribution is 5.80. The highest BCUT2D eigenvalue weighted by Crippen LogP contribution is 2.12. The lowest BCUT2D eigenvalue weighted by Gasteiger charge is -2.32. The quantitative estimate of drug-likeness (QED) is 0.284. The van der Waals surface area contributed by atoms with Crippen LogP contribution in [0.2, 0.25) is 0 Å². The van der Waals surface area contributed by atoms with Gasteiger partial charge in [0.2, 0.25) is 5.91 Å². The van der Waals surface area contributed by atoms with Crippen molar-refractivity contribution in [1.82, 2.24) is 20.9 Å². The van der Waals surface area contributed by atoms with Crippen LogP contribution in [-0.2, 0) is 14.3 Å². The molecule has 0 aromatic carbocycles. The van der Waals surface area contributed by atoms with E-state index in [2.05, 4.69) is 32.8 Å². The monoisotopic (exact) mass is 383 g/mol. The maximum Gasteiger partial charge on any atom is 0.233 e.